The Labute approximate surface area is 175 Å². The molecule has 0 spiro atoms. The minimum absolute atomic E-state index is 0.0725. The molecule has 0 radical (unpaired) electrons. The van der Waals surface area contributed by atoms with Crippen molar-refractivity contribution in [3.8, 4) is 17.3 Å². The second kappa shape index (κ2) is 8.43. The molecule has 0 unspecified atom stereocenters. The van der Waals surface area contributed by atoms with Gasteiger partial charge in [0.15, 0.2) is 0 Å². The smallest absolute Gasteiger partial charge is 0.365 e. The molecular formula is C19H16ClN5O3S. The van der Waals surface area contributed by atoms with Crippen LogP contribution in [0.2, 0.25) is 5.02 Å². The van der Waals surface area contributed by atoms with Crippen LogP contribution in [0, 0.1) is 18.3 Å². The summed E-state index contributed by atoms with van der Waals surface area (Å²) in [5.74, 6) is -1.60. The first kappa shape index (κ1) is 20.5. The molecule has 0 bridgehead atoms. The molecule has 0 saturated heterocycles. The monoisotopic (exact) mass is 429 g/mol. The lowest BCUT2D eigenvalue weighted by atomic mass is 10.0. The second-order valence-electron chi connectivity index (χ2n) is 6.35. The summed E-state index contributed by atoms with van der Waals surface area (Å²) in [6.45, 7) is 4.05. The number of benzene rings is 1. The molecule has 148 valence electrons. The lowest BCUT2D eigenvalue weighted by molar-refractivity contribution is 0.0696. The third-order valence-corrected chi connectivity index (χ3v) is 5.50. The van der Waals surface area contributed by atoms with Crippen molar-refractivity contribution in [2.45, 2.75) is 26.4 Å². The van der Waals surface area contributed by atoms with Crippen molar-refractivity contribution in [3.63, 3.8) is 0 Å². The summed E-state index contributed by atoms with van der Waals surface area (Å²) in [5, 5.41) is 27.0. The van der Waals surface area contributed by atoms with Gasteiger partial charge in [-0.15, -0.1) is 11.3 Å². The number of carbonyl (C=O) groups is 2. The lowest BCUT2D eigenvalue weighted by Crippen LogP contribution is -2.36. The summed E-state index contributed by atoms with van der Waals surface area (Å²) in [7, 11) is 0. The first-order valence-electron chi connectivity index (χ1n) is 8.53. The van der Waals surface area contributed by atoms with Crippen LogP contribution in [-0.4, -0.2) is 37.8 Å². The molecule has 2 aromatic heterocycles. The lowest BCUT2D eigenvalue weighted by Gasteiger charge is -2.13. The van der Waals surface area contributed by atoms with E-state index >= 15 is 0 Å². The number of hydrogen-bond donors (Lipinski definition) is 2. The number of carbonyl (C=O) groups excluding carboxylic acids is 1. The van der Waals surface area contributed by atoms with Crippen molar-refractivity contribution < 1.29 is 14.7 Å². The zero-order chi connectivity index (χ0) is 21.1. The zero-order valence-electron chi connectivity index (χ0n) is 15.5. The van der Waals surface area contributed by atoms with Gasteiger partial charge in [-0.1, -0.05) is 17.7 Å². The van der Waals surface area contributed by atoms with Crippen LogP contribution in [0.4, 0.5) is 0 Å². The maximum atomic E-state index is 12.2. The molecule has 0 aliphatic carbocycles. The number of carboxylic acids is 1. The van der Waals surface area contributed by atoms with Gasteiger partial charge in [0.2, 0.25) is 5.01 Å². The molecule has 3 aromatic rings. The number of amides is 1. The first-order valence-corrected chi connectivity index (χ1v) is 9.78. The standard InChI is InChI=1S/C19H16ClN5O3S/c1-10(22-17(26)15-9-29-18(23-15)19(27)28)8-25-6-5-14(24-25)13-4-3-12(7-21)16(20)11(13)2/h3-6,9-10H,8H2,1-2H3,(H,22,26)(H,27,28)/t10-/m0/s1. The molecule has 1 atom stereocenters. The van der Waals surface area contributed by atoms with Gasteiger partial charge in [0.1, 0.15) is 11.8 Å². The molecule has 3 rings (SSSR count). The van der Waals surface area contributed by atoms with Crippen molar-refractivity contribution in [3.05, 3.63) is 56.6 Å². The summed E-state index contributed by atoms with van der Waals surface area (Å²) < 4.78 is 1.69. The fourth-order valence-electron chi connectivity index (χ4n) is 2.76. The molecular weight excluding hydrogens is 414 g/mol. The summed E-state index contributed by atoms with van der Waals surface area (Å²) in [4.78, 5) is 26.9. The molecule has 2 heterocycles. The van der Waals surface area contributed by atoms with E-state index in [9.17, 15) is 9.59 Å². The Kier molecular flexibility index (Phi) is 5.96. The quantitative estimate of drug-likeness (QED) is 0.619. The molecule has 0 aliphatic heterocycles. The fourth-order valence-corrected chi connectivity index (χ4v) is 3.60. The van der Waals surface area contributed by atoms with Crippen molar-refractivity contribution in [2.75, 3.05) is 0 Å². The Hall–Kier alpha value is -3.22. The van der Waals surface area contributed by atoms with Gasteiger partial charge in [-0.25, -0.2) is 9.78 Å². The fraction of sp³-hybridized carbons (Fsp3) is 0.211. The third-order valence-electron chi connectivity index (χ3n) is 4.18. The van der Waals surface area contributed by atoms with E-state index in [1.165, 1.54) is 5.38 Å². The maximum absolute atomic E-state index is 12.2. The van der Waals surface area contributed by atoms with Crippen molar-refractivity contribution in [2.24, 2.45) is 0 Å². The predicted octanol–water partition coefficient (Wildman–Crippen LogP) is 3.36. The van der Waals surface area contributed by atoms with Gasteiger partial charge in [0.25, 0.3) is 5.91 Å². The van der Waals surface area contributed by atoms with E-state index in [0.29, 0.717) is 22.8 Å². The van der Waals surface area contributed by atoms with Gasteiger partial charge < -0.3 is 10.4 Å². The Morgan fingerprint density at radius 2 is 2.17 bits per heavy atom. The molecule has 8 nitrogen and oxygen atoms in total. The summed E-state index contributed by atoms with van der Waals surface area (Å²) >= 11 is 7.13. The van der Waals surface area contributed by atoms with Crippen LogP contribution in [0.1, 0.15) is 38.3 Å². The number of hydrogen-bond acceptors (Lipinski definition) is 6. The Bertz CT molecular complexity index is 1130. The van der Waals surface area contributed by atoms with Crippen LogP contribution in [0.3, 0.4) is 0 Å². The highest BCUT2D eigenvalue weighted by Crippen LogP contribution is 2.29. The van der Waals surface area contributed by atoms with Crippen molar-refractivity contribution >= 4 is 34.8 Å². The average Bonchev–Trinajstić information content (AvgIpc) is 3.33. The number of aromatic nitrogens is 3. The van der Waals surface area contributed by atoms with Crippen LogP contribution in [0.5, 0.6) is 0 Å². The zero-order valence-corrected chi connectivity index (χ0v) is 17.1. The Balaban J connectivity index is 1.68. The highest BCUT2D eigenvalue weighted by Gasteiger charge is 2.17. The summed E-state index contributed by atoms with van der Waals surface area (Å²) in [6.07, 6.45) is 1.79. The van der Waals surface area contributed by atoms with Crippen molar-refractivity contribution in [1.29, 1.82) is 5.26 Å². The van der Waals surface area contributed by atoms with E-state index in [-0.39, 0.29) is 16.7 Å². The Morgan fingerprint density at radius 3 is 2.83 bits per heavy atom. The van der Waals surface area contributed by atoms with E-state index in [1.807, 2.05) is 19.9 Å². The normalized spacial score (nSPS) is 11.7. The Morgan fingerprint density at radius 1 is 1.41 bits per heavy atom. The SMILES string of the molecule is Cc1c(-c2ccn(C[C@H](C)NC(=O)c3csc(C(=O)O)n3)n2)ccc(C#N)c1Cl. The highest BCUT2D eigenvalue weighted by atomic mass is 35.5. The number of halogens is 1. The van der Waals surface area contributed by atoms with Gasteiger partial charge in [-0.05, 0) is 31.5 Å². The van der Waals surface area contributed by atoms with Crippen LogP contribution >= 0.6 is 22.9 Å². The van der Waals surface area contributed by atoms with Gasteiger partial charge in [-0.3, -0.25) is 9.48 Å². The predicted molar refractivity (Wildman–Crippen MR) is 108 cm³/mol. The number of thiazole rings is 1. The van der Waals surface area contributed by atoms with Crippen LogP contribution < -0.4 is 5.32 Å². The summed E-state index contributed by atoms with van der Waals surface area (Å²) in [6, 6.07) is 7.08. The van der Waals surface area contributed by atoms with Gasteiger partial charge >= 0.3 is 5.97 Å². The topological polar surface area (TPSA) is 121 Å². The van der Waals surface area contributed by atoms with E-state index in [2.05, 4.69) is 21.5 Å². The van der Waals surface area contributed by atoms with Gasteiger partial charge in [0, 0.05) is 23.2 Å². The average molecular weight is 430 g/mol. The van der Waals surface area contributed by atoms with Gasteiger partial charge in [0.05, 0.1) is 22.8 Å². The minimum Gasteiger partial charge on any atom is -0.476 e. The highest BCUT2D eigenvalue weighted by molar-refractivity contribution is 7.11. The van der Waals surface area contributed by atoms with Crippen LogP contribution in [-0.2, 0) is 6.54 Å². The second-order valence-corrected chi connectivity index (χ2v) is 7.59. The van der Waals surface area contributed by atoms with Crippen LogP contribution in [0.25, 0.3) is 11.3 Å². The van der Waals surface area contributed by atoms with E-state index in [0.717, 1.165) is 22.5 Å². The summed E-state index contributed by atoms with van der Waals surface area (Å²) in [5.41, 5.74) is 2.79. The van der Waals surface area contributed by atoms with Crippen LogP contribution in [0.15, 0.2) is 29.8 Å². The van der Waals surface area contributed by atoms with E-state index in [1.54, 1.807) is 23.0 Å². The number of nitrogens with zero attached hydrogens (tertiary/aromatic N) is 4. The number of carboxylic acid groups (broad SMARTS) is 1. The number of aromatic carboxylic acids is 1. The number of rotatable bonds is 6. The number of nitrogens with one attached hydrogen (secondary N) is 1. The maximum Gasteiger partial charge on any atom is 0.365 e. The van der Waals surface area contributed by atoms with E-state index < -0.39 is 11.9 Å². The molecule has 10 heteroatoms. The molecule has 29 heavy (non-hydrogen) atoms. The first-order chi connectivity index (χ1) is 13.8. The minimum atomic E-state index is -1.16. The third kappa shape index (κ3) is 4.45. The molecule has 1 aromatic carbocycles. The molecule has 2 N–H and O–H groups in total. The van der Waals surface area contributed by atoms with Crippen molar-refractivity contribution in [1.82, 2.24) is 20.1 Å². The number of nitriles is 1. The largest absolute Gasteiger partial charge is 0.476 e. The van der Waals surface area contributed by atoms with Gasteiger partial charge in [-0.2, -0.15) is 10.4 Å². The molecule has 0 fully saturated rings. The molecule has 1 amide bonds. The van der Waals surface area contributed by atoms with E-state index in [4.69, 9.17) is 22.0 Å². The molecule has 0 aliphatic rings. The molecule has 0 saturated carbocycles.